The van der Waals surface area contributed by atoms with E-state index in [1.807, 2.05) is 12.1 Å². The molecule has 2 aromatic rings. The zero-order valence-electron chi connectivity index (χ0n) is 11.4. The molecule has 3 rings (SSSR count). The topological polar surface area (TPSA) is 61.8 Å². The van der Waals surface area contributed by atoms with Crippen molar-refractivity contribution in [3.63, 3.8) is 0 Å². The fraction of sp³-hybridized carbons (Fsp3) is 0.0625. The highest BCUT2D eigenvalue weighted by Crippen LogP contribution is 2.22. The van der Waals surface area contributed by atoms with Crippen molar-refractivity contribution in [3.8, 4) is 0 Å². The van der Waals surface area contributed by atoms with E-state index < -0.39 is 11.3 Å². The van der Waals surface area contributed by atoms with Crippen molar-refractivity contribution in [2.45, 2.75) is 5.38 Å². The lowest BCUT2D eigenvalue weighted by Gasteiger charge is -2.10. The number of amides is 2. The van der Waals surface area contributed by atoms with Gasteiger partial charge in [0.25, 0.3) is 11.8 Å². The van der Waals surface area contributed by atoms with Gasteiger partial charge in [-0.25, -0.2) is 0 Å². The summed E-state index contributed by atoms with van der Waals surface area (Å²) in [6.07, 6.45) is 0. The summed E-state index contributed by atoms with van der Waals surface area (Å²) < 4.78 is 0. The minimum absolute atomic E-state index is 0.129. The molecule has 0 fully saturated rings. The first kappa shape index (κ1) is 14.3. The largest absolute Gasteiger partial charge is 0.307 e. The van der Waals surface area contributed by atoms with Crippen LogP contribution in [0.15, 0.2) is 65.8 Å². The Labute approximate surface area is 132 Å². The first-order valence-electron chi connectivity index (χ1n) is 6.65. The van der Waals surface area contributed by atoms with Crippen LogP contribution in [-0.4, -0.2) is 23.0 Å². The van der Waals surface area contributed by atoms with Crippen LogP contribution in [0.1, 0.15) is 10.4 Å². The molecule has 1 heterocycles. The molecule has 1 N–H and O–H groups in total. The summed E-state index contributed by atoms with van der Waals surface area (Å²) in [5.41, 5.74) is 1.07. The molecule has 0 bridgehead atoms. The Kier molecular flexibility index (Phi) is 3.89. The number of halogens is 1. The molecule has 6 heteroatoms. The van der Waals surface area contributed by atoms with Gasteiger partial charge in [0, 0.05) is 5.56 Å². The standard InChI is InChI=1S/C16H12ClN3O2/c17-13-14(18-15(21)11-7-3-1-4-8-11)19-20(16(13)22)12-9-5-2-6-10-12/h1-10,13H,(H,18,19,21)/t13-/m0/s1. The SMILES string of the molecule is O=C(NC1=NN(c2ccccc2)C(=O)[C@H]1Cl)c1ccccc1. The number of nitrogens with zero attached hydrogens (tertiary/aromatic N) is 2. The molecule has 1 aliphatic heterocycles. The first-order valence-corrected chi connectivity index (χ1v) is 7.08. The van der Waals surface area contributed by atoms with E-state index >= 15 is 0 Å². The summed E-state index contributed by atoms with van der Waals surface area (Å²) in [5.74, 6) is -0.617. The zero-order chi connectivity index (χ0) is 15.5. The number of hydrogen-bond acceptors (Lipinski definition) is 3. The van der Waals surface area contributed by atoms with Crippen LogP contribution in [0.2, 0.25) is 0 Å². The summed E-state index contributed by atoms with van der Waals surface area (Å²) in [4.78, 5) is 24.3. The maximum absolute atomic E-state index is 12.2. The van der Waals surface area contributed by atoms with Crippen LogP contribution in [-0.2, 0) is 4.79 Å². The van der Waals surface area contributed by atoms with Crippen molar-refractivity contribution in [2.24, 2.45) is 5.10 Å². The number of benzene rings is 2. The van der Waals surface area contributed by atoms with Gasteiger partial charge in [-0.05, 0) is 24.3 Å². The van der Waals surface area contributed by atoms with Crippen molar-refractivity contribution < 1.29 is 9.59 Å². The van der Waals surface area contributed by atoms with Gasteiger partial charge in [-0.3, -0.25) is 9.59 Å². The second-order valence-corrected chi connectivity index (χ2v) is 5.09. The van der Waals surface area contributed by atoms with Crippen molar-refractivity contribution in [1.82, 2.24) is 5.32 Å². The molecule has 110 valence electrons. The summed E-state index contributed by atoms with van der Waals surface area (Å²) in [7, 11) is 0. The third-order valence-electron chi connectivity index (χ3n) is 3.15. The summed E-state index contributed by atoms with van der Waals surface area (Å²) in [6.45, 7) is 0. The number of carbonyl (C=O) groups excluding carboxylic acids is 2. The van der Waals surface area contributed by atoms with Crippen LogP contribution < -0.4 is 10.3 Å². The molecular formula is C16H12ClN3O2. The molecule has 0 saturated carbocycles. The average molecular weight is 314 g/mol. The molecule has 0 spiro atoms. The predicted molar refractivity (Wildman–Crippen MR) is 84.9 cm³/mol. The molecule has 1 atom stereocenters. The Morgan fingerprint density at radius 2 is 1.64 bits per heavy atom. The van der Waals surface area contributed by atoms with Gasteiger partial charge in [-0.1, -0.05) is 36.4 Å². The smallest absolute Gasteiger partial charge is 0.273 e. The van der Waals surface area contributed by atoms with E-state index in [9.17, 15) is 9.59 Å². The minimum atomic E-state index is -1.01. The van der Waals surface area contributed by atoms with Crippen LogP contribution in [0.25, 0.3) is 0 Å². The third kappa shape index (κ3) is 2.71. The summed E-state index contributed by atoms with van der Waals surface area (Å²) in [6, 6.07) is 17.6. The fourth-order valence-electron chi connectivity index (χ4n) is 2.05. The monoisotopic (exact) mass is 313 g/mol. The number of anilines is 1. The number of hydrazone groups is 1. The second kappa shape index (κ2) is 5.99. The van der Waals surface area contributed by atoms with Gasteiger partial charge in [0.15, 0.2) is 11.2 Å². The van der Waals surface area contributed by atoms with Crippen LogP contribution in [0.5, 0.6) is 0 Å². The van der Waals surface area contributed by atoms with Gasteiger partial charge in [0.05, 0.1) is 5.69 Å². The predicted octanol–water partition coefficient (Wildman–Crippen LogP) is 2.38. The average Bonchev–Trinajstić information content (AvgIpc) is 2.85. The molecule has 2 aromatic carbocycles. The van der Waals surface area contributed by atoms with Crippen LogP contribution in [0.4, 0.5) is 5.69 Å². The molecule has 0 aromatic heterocycles. The lowest BCUT2D eigenvalue weighted by Crippen LogP contribution is -2.37. The highest BCUT2D eigenvalue weighted by molar-refractivity contribution is 6.47. The maximum Gasteiger partial charge on any atom is 0.273 e. The van der Waals surface area contributed by atoms with E-state index in [-0.39, 0.29) is 11.7 Å². The summed E-state index contributed by atoms with van der Waals surface area (Å²) in [5, 5.41) is 6.90. The summed E-state index contributed by atoms with van der Waals surface area (Å²) >= 11 is 6.07. The molecule has 22 heavy (non-hydrogen) atoms. The number of rotatable bonds is 2. The van der Waals surface area contributed by atoms with Gasteiger partial charge in [0.1, 0.15) is 0 Å². The Bertz CT molecular complexity index is 732. The maximum atomic E-state index is 12.2. The van der Waals surface area contributed by atoms with E-state index in [1.165, 1.54) is 5.01 Å². The van der Waals surface area contributed by atoms with E-state index in [0.717, 1.165) is 0 Å². The molecule has 0 saturated heterocycles. The zero-order valence-corrected chi connectivity index (χ0v) is 12.2. The Hall–Kier alpha value is -2.66. The van der Waals surface area contributed by atoms with Crippen LogP contribution in [0, 0.1) is 0 Å². The quantitative estimate of drug-likeness (QED) is 0.865. The molecule has 0 unspecified atom stereocenters. The second-order valence-electron chi connectivity index (χ2n) is 4.65. The molecule has 1 aliphatic rings. The van der Waals surface area contributed by atoms with Crippen molar-refractivity contribution in [2.75, 3.05) is 5.01 Å². The van der Waals surface area contributed by atoms with E-state index in [0.29, 0.717) is 11.3 Å². The van der Waals surface area contributed by atoms with Crippen molar-refractivity contribution >= 4 is 34.9 Å². The number of alkyl halides is 1. The molecular weight excluding hydrogens is 302 g/mol. The Morgan fingerprint density at radius 3 is 2.27 bits per heavy atom. The van der Waals surface area contributed by atoms with Crippen LogP contribution >= 0.6 is 11.6 Å². The number of nitrogens with one attached hydrogen (secondary N) is 1. The van der Waals surface area contributed by atoms with Gasteiger partial charge in [0.2, 0.25) is 0 Å². The van der Waals surface area contributed by atoms with Gasteiger partial charge in [-0.15, -0.1) is 16.7 Å². The molecule has 2 amide bonds. The van der Waals surface area contributed by atoms with Gasteiger partial charge in [-0.2, -0.15) is 5.01 Å². The molecule has 5 nitrogen and oxygen atoms in total. The lowest BCUT2D eigenvalue weighted by molar-refractivity contribution is -0.116. The fourth-order valence-corrected chi connectivity index (χ4v) is 2.24. The van der Waals surface area contributed by atoms with Gasteiger partial charge >= 0.3 is 0 Å². The molecule has 0 radical (unpaired) electrons. The normalized spacial score (nSPS) is 17.3. The number of amidine groups is 1. The van der Waals surface area contributed by atoms with E-state index in [2.05, 4.69) is 10.4 Å². The lowest BCUT2D eigenvalue weighted by atomic mass is 10.2. The third-order valence-corrected chi connectivity index (χ3v) is 3.55. The number of para-hydroxylation sites is 1. The highest BCUT2D eigenvalue weighted by Gasteiger charge is 2.36. The van der Waals surface area contributed by atoms with Crippen molar-refractivity contribution in [1.29, 1.82) is 0 Å². The number of hydrogen-bond donors (Lipinski definition) is 1. The minimum Gasteiger partial charge on any atom is -0.307 e. The van der Waals surface area contributed by atoms with E-state index in [1.54, 1.807) is 48.5 Å². The van der Waals surface area contributed by atoms with E-state index in [4.69, 9.17) is 11.6 Å². The Morgan fingerprint density at radius 1 is 1.05 bits per heavy atom. The first-order chi connectivity index (χ1) is 10.7. The van der Waals surface area contributed by atoms with Crippen molar-refractivity contribution in [3.05, 3.63) is 66.2 Å². The van der Waals surface area contributed by atoms with Crippen LogP contribution in [0.3, 0.4) is 0 Å². The van der Waals surface area contributed by atoms with Gasteiger partial charge < -0.3 is 5.32 Å². The number of carbonyl (C=O) groups is 2. The molecule has 0 aliphatic carbocycles. The Balaban J connectivity index is 1.82. The highest BCUT2D eigenvalue weighted by atomic mass is 35.5.